The highest BCUT2D eigenvalue weighted by Crippen LogP contribution is 2.45. The minimum absolute atomic E-state index is 0.0231. The number of hydrogen-bond donors (Lipinski definition) is 2. The number of fused-ring (bicyclic) bond motifs is 1. The van der Waals surface area contributed by atoms with Crippen LogP contribution in [0.3, 0.4) is 0 Å². The largest absolute Gasteiger partial charge is 0.393 e. The van der Waals surface area contributed by atoms with E-state index in [-0.39, 0.29) is 24.0 Å². The first-order valence-corrected chi connectivity index (χ1v) is 6.88. The molecule has 0 aromatic heterocycles. The van der Waals surface area contributed by atoms with Crippen molar-refractivity contribution in [1.29, 1.82) is 0 Å². The van der Waals surface area contributed by atoms with E-state index in [0.29, 0.717) is 12.8 Å². The van der Waals surface area contributed by atoms with Crippen molar-refractivity contribution in [1.82, 2.24) is 0 Å². The van der Waals surface area contributed by atoms with E-state index >= 15 is 0 Å². The van der Waals surface area contributed by atoms with Gasteiger partial charge >= 0.3 is 0 Å². The van der Waals surface area contributed by atoms with Crippen LogP contribution in [0.4, 0.5) is 8.78 Å². The van der Waals surface area contributed by atoms with Crippen LogP contribution in [-0.4, -0.2) is 47.0 Å². The maximum absolute atomic E-state index is 12.7. The lowest BCUT2D eigenvalue weighted by Crippen LogP contribution is -2.27. The van der Waals surface area contributed by atoms with Gasteiger partial charge in [0.25, 0.3) is 0 Å². The van der Waals surface area contributed by atoms with E-state index in [9.17, 15) is 13.9 Å². The van der Waals surface area contributed by atoms with Gasteiger partial charge in [-0.2, -0.15) is 0 Å². The number of ether oxygens (including phenoxy) is 1. The SMILES string of the molecule is CC(F)[C@@H]1C=CC[C@H]1O.CC(F)[C@@H]1[C@H]2O[C@H]2C[C@H]1O. The van der Waals surface area contributed by atoms with Gasteiger partial charge in [0, 0.05) is 18.3 Å². The third-order valence-electron chi connectivity index (χ3n) is 4.16. The van der Waals surface area contributed by atoms with E-state index in [0.717, 1.165) is 0 Å². The molecule has 2 aliphatic carbocycles. The Morgan fingerprint density at radius 3 is 2.11 bits per heavy atom. The molecule has 2 unspecified atom stereocenters. The van der Waals surface area contributed by atoms with E-state index in [1.165, 1.54) is 13.8 Å². The van der Waals surface area contributed by atoms with Gasteiger partial charge in [-0.15, -0.1) is 0 Å². The first kappa shape index (κ1) is 14.9. The predicted molar refractivity (Wildman–Crippen MR) is 67.2 cm³/mol. The molecular weight excluding hydrogens is 254 g/mol. The van der Waals surface area contributed by atoms with Crippen LogP contribution in [0.15, 0.2) is 12.2 Å². The van der Waals surface area contributed by atoms with Crippen LogP contribution < -0.4 is 0 Å². The minimum Gasteiger partial charge on any atom is -0.393 e. The summed E-state index contributed by atoms with van der Waals surface area (Å²) in [4.78, 5) is 0. The van der Waals surface area contributed by atoms with E-state index in [4.69, 9.17) is 9.84 Å². The van der Waals surface area contributed by atoms with E-state index in [1.807, 2.05) is 6.08 Å². The second kappa shape index (κ2) is 5.85. The molecule has 1 aliphatic heterocycles. The van der Waals surface area contributed by atoms with Crippen LogP contribution in [0.1, 0.15) is 26.7 Å². The Bertz CT molecular complexity index is 331. The van der Waals surface area contributed by atoms with Crippen molar-refractivity contribution in [2.75, 3.05) is 0 Å². The molecule has 0 bridgehead atoms. The van der Waals surface area contributed by atoms with Crippen LogP contribution in [0.5, 0.6) is 0 Å². The molecule has 0 radical (unpaired) electrons. The number of alkyl halides is 2. The summed E-state index contributed by atoms with van der Waals surface area (Å²) in [7, 11) is 0. The van der Waals surface area contributed by atoms with E-state index in [2.05, 4.69) is 0 Å². The predicted octanol–water partition coefficient (Wildman–Crippen LogP) is 1.77. The molecule has 1 saturated carbocycles. The first-order valence-electron chi connectivity index (χ1n) is 6.88. The van der Waals surface area contributed by atoms with Crippen LogP contribution in [0, 0.1) is 11.8 Å². The molecule has 3 nitrogen and oxygen atoms in total. The summed E-state index contributed by atoms with van der Waals surface area (Å²) in [5, 5.41) is 18.3. The fraction of sp³-hybridized carbons (Fsp3) is 0.857. The Labute approximate surface area is 112 Å². The topological polar surface area (TPSA) is 53.0 Å². The Morgan fingerprint density at radius 2 is 1.84 bits per heavy atom. The van der Waals surface area contributed by atoms with Crippen molar-refractivity contribution >= 4 is 0 Å². The van der Waals surface area contributed by atoms with Crippen molar-refractivity contribution in [2.45, 2.75) is 63.4 Å². The summed E-state index contributed by atoms with van der Waals surface area (Å²) in [6, 6.07) is 0. The number of aliphatic hydroxyl groups excluding tert-OH is 2. The molecule has 0 aromatic rings. The normalized spacial score (nSPS) is 46.2. The third-order valence-corrected chi connectivity index (χ3v) is 4.16. The Hall–Kier alpha value is -0.520. The highest BCUT2D eigenvalue weighted by Gasteiger charge is 2.57. The Morgan fingerprint density at radius 1 is 1.16 bits per heavy atom. The Balaban J connectivity index is 0.000000141. The molecule has 3 aliphatic rings. The molecule has 2 fully saturated rings. The zero-order valence-corrected chi connectivity index (χ0v) is 11.2. The molecular formula is C14H22F2O3. The zero-order valence-electron chi connectivity index (χ0n) is 11.2. The van der Waals surface area contributed by atoms with Gasteiger partial charge in [-0.05, 0) is 20.3 Å². The van der Waals surface area contributed by atoms with Crippen molar-refractivity contribution in [2.24, 2.45) is 11.8 Å². The van der Waals surface area contributed by atoms with Crippen LogP contribution in [0.2, 0.25) is 0 Å². The fourth-order valence-corrected chi connectivity index (χ4v) is 2.99. The molecule has 19 heavy (non-hydrogen) atoms. The number of halogens is 2. The van der Waals surface area contributed by atoms with Gasteiger partial charge < -0.3 is 14.9 Å². The minimum atomic E-state index is -0.938. The molecule has 0 spiro atoms. The van der Waals surface area contributed by atoms with Crippen molar-refractivity contribution in [3.8, 4) is 0 Å². The number of aliphatic hydroxyl groups is 2. The second-order valence-electron chi connectivity index (χ2n) is 5.68. The number of rotatable bonds is 2. The summed E-state index contributed by atoms with van der Waals surface area (Å²) in [5.41, 5.74) is 0. The number of hydrogen-bond acceptors (Lipinski definition) is 3. The molecule has 2 N–H and O–H groups in total. The van der Waals surface area contributed by atoms with Crippen LogP contribution in [0.25, 0.3) is 0 Å². The highest BCUT2D eigenvalue weighted by atomic mass is 19.1. The average molecular weight is 276 g/mol. The van der Waals surface area contributed by atoms with Gasteiger partial charge in [0.15, 0.2) is 0 Å². The third kappa shape index (κ3) is 3.33. The molecule has 5 heteroatoms. The van der Waals surface area contributed by atoms with Gasteiger partial charge in [0.05, 0.1) is 24.4 Å². The first-order chi connectivity index (χ1) is 8.91. The van der Waals surface area contributed by atoms with Crippen molar-refractivity contribution in [3.05, 3.63) is 12.2 Å². The van der Waals surface area contributed by atoms with Gasteiger partial charge in [0.1, 0.15) is 12.3 Å². The fourth-order valence-electron chi connectivity index (χ4n) is 2.99. The number of epoxide rings is 1. The van der Waals surface area contributed by atoms with Gasteiger partial charge in [-0.1, -0.05) is 12.2 Å². The summed E-state index contributed by atoms with van der Waals surface area (Å²) in [5.74, 6) is -0.519. The molecule has 3 rings (SSSR count). The summed E-state index contributed by atoms with van der Waals surface area (Å²) in [6.07, 6.45) is 2.19. The van der Waals surface area contributed by atoms with Gasteiger partial charge in [-0.25, -0.2) is 8.78 Å². The summed E-state index contributed by atoms with van der Waals surface area (Å²) in [6.45, 7) is 2.96. The van der Waals surface area contributed by atoms with Gasteiger partial charge in [-0.3, -0.25) is 0 Å². The lowest BCUT2D eigenvalue weighted by Gasteiger charge is -2.17. The summed E-state index contributed by atoms with van der Waals surface area (Å²) < 4.78 is 30.2. The van der Waals surface area contributed by atoms with E-state index < -0.39 is 24.6 Å². The maximum Gasteiger partial charge on any atom is 0.106 e. The van der Waals surface area contributed by atoms with E-state index in [1.54, 1.807) is 6.08 Å². The molecule has 1 saturated heterocycles. The highest BCUT2D eigenvalue weighted by molar-refractivity contribution is 5.04. The average Bonchev–Trinajstić information content (AvgIpc) is 2.77. The quantitative estimate of drug-likeness (QED) is 0.597. The maximum atomic E-state index is 12.7. The smallest absolute Gasteiger partial charge is 0.106 e. The summed E-state index contributed by atoms with van der Waals surface area (Å²) >= 11 is 0. The van der Waals surface area contributed by atoms with Crippen molar-refractivity contribution in [3.63, 3.8) is 0 Å². The van der Waals surface area contributed by atoms with Crippen LogP contribution in [-0.2, 0) is 4.74 Å². The molecule has 0 aromatic carbocycles. The van der Waals surface area contributed by atoms with Crippen LogP contribution >= 0.6 is 0 Å². The molecule has 1 heterocycles. The lowest BCUT2D eigenvalue weighted by molar-refractivity contribution is 0.0358. The monoisotopic (exact) mass is 276 g/mol. The Kier molecular flexibility index (Phi) is 4.58. The standard InChI is InChI=1S/C7H11FO2.C7H11FO/c1-3(8)6-4(9)2-5-7(6)10-5;1-5(8)6-3-2-4-7(6)9/h3-7,9H,2H2,1H3;2-3,5-7,9H,4H2,1H3/t3?,4-,5+,6+,7+;5?,6-,7+/m10/s1. The molecule has 110 valence electrons. The van der Waals surface area contributed by atoms with Crippen molar-refractivity contribution < 1.29 is 23.7 Å². The lowest BCUT2D eigenvalue weighted by atomic mass is 10.0. The molecule has 0 amide bonds. The van der Waals surface area contributed by atoms with Gasteiger partial charge in [0.2, 0.25) is 0 Å². The molecule has 8 atom stereocenters. The zero-order chi connectivity index (χ0) is 14.2. The second-order valence-corrected chi connectivity index (χ2v) is 5.68.